The second kappa shape index (κ2) is 6.16. The molecule has 126 valence electrons. The smallest absolute Gasteiger partial charge is 0.323 e. The summed E-state index contributed by atoms with van der Waals surface area (Å²) in [5.41, 5.74) is 1.90. The van der Waals surface area contributed by atoms with E-state index in [-0.39, 0.29) is 12.0 Å². The van der Waals surface area contributed by atoms with Crippen LogP contribution in [0.3, 0.4) is 0 Å². The van der Waals surface area contributed by atoms with Gasteiger partial charge >= 0.3 is 12.0 Å². The second-order valence-corrected chi connectivity index (χ2v) is 5.06. The molecule has 1 N–H and O–H groups in total. The van der Waals surface area contributed by atoms with Crippen molar-refractivity contribution < 1.29 is 18.3 Å². The van der Waals surface area contributed by atoms with Crippen molar-refractivity contribution in [1.82, 2.24) is 15.2 Å². The summed E-state index contributed by atoms with van der Waals surface area (Å²) < 4.78 is 21.8. The van der Waals surface area contributed by atoms with E-state index in [2.05, 4.69) is 20.5 Å². The van der Waals surface area contributed by atoms with Crippen LogP contribution in [0.5, 0.6) is 11.5 Å². The number of anilines is 2. The molecule has 0 saturated carbocycles. The molecular weight excluding hydrogens is 324 g/mol. The minimum atomic E-state index is 0.159. The van der Waals surface area contributed by atoms with Crippen molar-refractivity contribution >= 4 is 23.1 Å². The van der Waals surface area contributed by atoms with Crippen LogP contribution in [0.1, 0.15) is 0 Å². The number of benzene rings is 2. The maximum Gasteiger partial charge on any atom is 0.323 e. The van der Waals surface area contributed by atoms with Crippen LogP contribution in [-0.2, 0) is 0 Å². The van der Waals surface area contributed by atoms with Gasteiger partial charge in [-0.05, 0) is 24.3 Å². The van der Waals surface area contributed by atoms with Gasteiger partial charge in [0.05, 0.1) is 19.8 Å². The summed E-state index contributed by atoms with van der Waals surface area (Å²) in [5.74, 6) is 1.59. The van der Waals surface area contributed by atoms with Gasteiger partial charge in [0.15, 0.2) is 11.1 Å². The number of ether oxygens (including phenoxy) is 2. The molecule has 0 aliphatic heterocycles. The molecule has 4 aromatic rings. The molecule has 25 heavy (non-hydrogen) atoms. The van der Waals surface area contributed by atoms with Crippen LogP contribution in [0.15, 0.2) is 51.3 Å². The van der Waals surface area contributed by atoms with Crippen LogP contribution in [0.2, 0.25) is 0 Å². The summed E-state index contributed by atoms with van der Waals surface area (Å²) >= 11 is 0. The highest BCUT2D eigenvalue weighted by Crippen LogP contribution is 2.31. The number of hydrogen-bond donors (Lipinski definition) is 1. The topological polar surface area (TPSA) is 95.4 Å². The van der Waals surface area contributed by atoms with Crippen molar-refractivity contribution in [3.63, 3.8) is 0 Å². The zero-order valence-electron chi connectivity index (χ0n) is 13.5. The third kappa shape index (κ3) is 2.74. The highest BCUT2D eigenvalue weighted by atomic mass is 16.5. The lowest BCUT2D eigenvalue weighted by Crippen LogP contribution is -1.90. The fraction of sp³-hybridized carbons (Fsp3) is 0.118. The quantitative estimate of drug-likeness (QED) is 0.589. The van der Waals surface area contributed by atoms with Gasteiger partial charge in [0.25, 0.3) is 5.89 Å². The van der Waals surface area contributed by atoms with E-state index in [1.807, 2.05) is 30.3 Å². The Balaban J connectivity index is 1.63. The van der Waals surface area contributed by atoms with E-state index >= 15 is 0 Å². The largest absolute Gasteiger partial charge is 0.496 e. The first-order chi connectivity index (χ1) is 12.3. The molecule has 0 radical (unpaired) electrons. The molecule has 0 saturated heterocycles. The molecule has 0 atom stereocenters. The SMILES string of the molecule is COc1ccccc1-c1nnc(Nc2nc3c(OC)cccc3o2)o1. The maximum absolute atomic E-state index is 5.62. The van der Waals surface area contributed by atoms with Crippen molar-refractivity contribution in [3.8, 4) is 23.0 Å². The van der Waals surface area contributed by atoms with Gasteiger partial charge in [-0.25, -0.2) is 0 Å². The van der Waals surface area contributed by atoms with E-state index in [1.54, 1.807) is 26.4 Å². The van der Waals surface area contributed by atoms with E-state index in [0.717, 1.165) is 0 Å². The summed E-state index contributed by atoms with van der Waals surface area (Å²) in [4.78, 5) is 4.34. The first-order valence-electron chi connectivity index (χ1n) is 7.46. The van der Waals surface area contributed by atoms with E-state index < -0.39 is 0 Å². The van der Waals surface area contributed by atoms with Gasteiger partial charge in [0.2, 0.25) is 0 Å². The lowest BCUT2D eigenvalue weighted by molar-refractivity contribution is 0.414. The van der Waals surface area contributed by atoms with E-state index in [4.69, 9.17) is 18.3 Å². The normalized spacial score (nSPS) is 10.8. The van der Waals surface area contributed by atoms with Crippen LogP contribution in [0.25, 0.3) is 22.6 Å². The number of rotatable bonds is 5. The Bertz CT molecular complexity index is 1020. The highest BCUT2D eigenvalue weighted by molar-refractivity contribution is 5.81. The number of nitrogens with zero attached hydrogens (tertiary/aromatic N) is 3. The van der Waals surface area contributed by atoms with Crippen molar-refractivity contribution in [2.45, 2.75) is 0 Å². The second-order valence-electron chi connectivity index (χ2n) is 5.06. The number of aromatic nitrogens is 3. The number of methoxy groups -OCH3 is 2. The molecule has 0 bridgehead atoms. The predicted molar refractivity (Wildman–Crippen MR) is 90.1 cm³/mol. The fourth-order valence-electron chi connectivity index (χ4n) is 2.44. The molecule has 2 aromatic heterocycles. The molecule has 0 spiro atoms. The lowest BCUT2D eigenvalue weighted by Gasteiger charge is -2.03. The molecular formula is C17H14N4O4. The van der Waals surface area contributed by atoms with E-state index in [0.29, 0.717) is 34.1 Å². The minimum absolute atomic E-state index is 0.159. The standard InChI is InChI=1S/C17H14N4O4/c1-22-11-7-4-3-6-10(11)15-20-21-17(25-15)19-16-18-14-12(23-2)8-5-9-13(14)24-16/h3-9H,1-2H3,(H,18,19,21). The molecule has 4 rings (SSSR count). The Morgan fingerprint density at radius 2 is 1.64 bits per heavy atom. The highest BCUT2D eigenvalue weighted by Gasteiger charge is 2.16. The van der Waals surface area contributed by atoms with E-state index in [1.165, 1.54) is 0 Å². The molecule has 0 fully saturated rings. The van der Waals surface area contributed by atoms with Crippen molar-refractivity contribution in [2.24, 2.45) is 0 Å². The molecule has 0 amide bonds. The van der Waals surface area contributed by atoms with Gasteiger partial charge in [-0.2, -0.15) is 4.98 Å². The summed E-state index contributed by atoms with van der Waals surface area (Å²) in [6.45, 7) is 0. The van der Waals surface area contributed by atoms with Gasteiger partial charge in [0.1, 0.15) is 11.5 Å². The van der Waals surface area contributed by atoms with Gasteiger partial charge in [-0.1, -0.05) is 23.3 Å². The predicted octanol–water partition coefficient (Wildman–Crippen LogP) is 3.64. The van der Waals surface area contributed by atoms with Crippen LogP contribution >= 0.6 is 0 Å². The van der Waals surface area contributed by atoms with Crippen molar-refractivity contribution in [2.75, 3.05) is 19.5 Å². The molecule has 0 aliphatic carbocycles. The summed E-state index contributed by atoms with van der Waals surface area (Å²) in [6, 6.07) is 13.2. The van der Waals surface area contributed by atoms with Gasteiger partial charge < -0.3 is 18.3 Å². The van der Waals surface area contributed by atoms with Crippen LogP contribution in [0, 0.1) is 0 Å². The van der Waals surface area contributed by atoms with Crippen LogP contribution in [-0.4, -0.2) is 29.4 Å². The van der Waals surface area contributed by atoms with E-state index in [9.17, 15) is 0 Å². The zero-order chi connectivity index (χ0) is 17.2. The molecule has 0 aliphatic rings. The molecule has 0 unspecified atom stereocenters. The Hall–Kier alpha value is -3.55. The summed E-state index contributed by atoms with van der Waals surface area (Å²) in [6.07, 6.45) is 0. The Labute approximate surface area is 142 Å². The summed E-state index contributed by atoms with van der Waals surface area (Å²) in [5, 5.41) is 10.8. The molecule has 8 nitrogen and oxygen atoms in total. The third-order valence-corrected chi connectivity index (χ3v) is 3.58. The number of fused-ring (bicyclic) bond motifs is 1. The minimum Gasteiger partial charge on any atom is -0.496 e. The molecule has 2 heterocycles. The Kier molecular flexibility index (Phi) is 3.70. The zero-order valence-corrected chi connectivity index (χ0v) is 13.5. The third-order valence-electron chi connectivity index (χ3n) is 3.58. The Morgan fingerprint density at radius 1 is 0.840 bits per heavy atom. The monoisotopic (exact) mass is 338 g/mol. The molecule has 2 aromatic carbocycles. The Morgan fingerprint density at radius 3 is 2.48 bits per heavy atom. The van der Waals surface area contributed by atoms with Crippen molar-refractivity contribution in [1.29, 1.82) is 0 Å². The number of hydrogen-bond acceptors (Lipinski definition) is 8. The first-order valence-corrected chi connectivity index (χ1v) is 7.46. The van der Waals surface area contributed by atoms with Gasteiger partial charge in [-0.3, -0.25) is 5.32 Å². The number of para-hydroxylation sites is 2. The maximum atomic E-state index is 5.62. The first kappa shape index (κ1) is 15.0. The lowest BCUT2D eigenvalue weighted by atomic mass is 10.2. The fourth-order valence-corrected chi connectivity index (χ4v) is 2.44. The van der Waals surface area contributed by atoms with Gasteiger partial charge in [-0.15, -0.1) is 5.10 Å². The average Bonchev–Trinajstić information content (AvgIpc) is 3.28. The van der Waals surface area contributed by atoms with Gasteiger partial charge in [0, 0.05) is 0 Å². The molecule has 8 heteroatoms. The average molecular weight is 338 g/mol. The number of oxazole rings is 1. The van der Waals surface area contributed by atoms with Crippen LogP contribution in [0.4, 0.5) is 12.0 Å². The summed E-state index contributed by atoms with van der Waals surface area (Å²) in [7, 11) is 3.16. The number of nitrogens with one attached hydrogen (secondary N) is 1. The van der Waals surface area contributed by atoms with Crippen molar-refractivity contribution in [3.05, 3.63) is 42.5 Å². The van der Waals surface area contributed by atoms with Crippen LogP contribution < -0.4 is 14.8 Å².